The predicted octanol–water partition coefficient (Wildman–Crippen LogP) is 0.673. The number of hydrogen-bond donors (Lipinski definition) is 0. The summed E-state index contributed by atoms with van der Waals surface area (Å²) in [6, 6.07) is 0. The van der Waals surface area contributed by atoms with Crippen molar-refractivity contribution in [3.05, 3.63) is 12.2 Å². The molecule has 2 aliphatic rings. The lowest BCUT2D eigenvalue weighted by atomic mass is 10.1. The largest absolute Gasteiger partial charge is 0.359 e. The van der Waals surface area contributed by atoms with Crippen LogP contribution in [0.5, 0.6) is 0 Å². The lowest BCUT2D eigenvalue weighted by molar-refractivity contribution is -0.133. The molecule has 48 valence electrons. The zero-order valence-electron chi connectivity index (χ0n) is 5.04. The molecule has 0 aromatic carbocycles. The number of rotatable bonds is 0. The van der Waals surface area contributed by atoms with Gasteiger partial charge >= 0.3 is 0 Å². The highest BCUT2D eigenvalue weighted by Crippen LogP contribution is 2.23. The zero-order valence-corrected chi connectivity index (χ0v) is 5.04. The van der Waals surface area contributed by atoms with Gasteiger partial charge in [0.05, 0.1) is 6.10 Å². The molecule has 0 N–H and O–H groups in total. The molecule has 2 rings (SSSR count). The molecule has 0 unspecified atom stereocenters. The van der Waals surface area contributed by atoms with Gasteiger partial charge in [0.2, 0.25) is 0 Å². The summed E-state index contributed by atoms with van der Waals surface area (Å²) in [6.45, 7) is 0. The van der Waals surface area contributed by atoms with Gasteiger partial charge in [0.25, 0.3) is 0 Å². The van der Waals surface area contributed by atoms with Crippen LogP contribution in [0.4, 0.5) is 0 Å². The summed E-state index contributed by atoms with van der Waals surface area (Å²) in [5, 5.41) is 0. The molecule has 0 radical (unpaired) electrons. The fourth-order valence-electron chi connectivity index (χ4n) is 1.28. The Morgan fingerprint density at radius 3 is 3.22 bits per heavy atom. The maximum absolute atomic E-state index is 10.9. The van der Waals surface area contributed by atoms with Crippen LogP contribution in [-0.4, -0.2) is 18.0 Å². The minimum atomic E-state index is -0.191. The van der Waals surface area contributed by atoms with E-state index >= 15 is 0 Å². The van der Waals surface area contributed by atoms with Crippen LogP contribution in [0.15, 0.2) is 12.2 Å². The molecule has 2 nitrogen and oxygen atoms in total. The molecule has 0 aliphatic carbocycles. The topological polar surface area (TPSA) is 26.3 Å². The molecule has 0 aromatic heterocycles. The number of carbonyl (C=O) groups excluding carboxylic acids is 1. The molecule has 0 aromatic rings. The zero-order chi connectivity index (χ0) is 6.27. The first-order chi connectivity index (χ1) is 4.36. The first kappa shape index (κ1) is 5.18. The van der Waals surface area contributed by atoms with Crippen LogP contribution in [0, 0.1) is 0 Å². The maximum Gasteiger partial charge on any atom is 0.165 e. The van der Waals surface area contributed by atoms with E-state index in [0.29, 0.717) is 6.42 Å². The van der Waals surface area contributed by atoms with Crippen LogP contribution in [-0.2, 0) is 9.53 Å². The Morgan fingerprint density at radius 2 is 2.44 bits per heavy atom. The van der Waals surface area contributed by atoms with E-state index < -0.39 is 0 Å². The van der Waals surface area contributed by atoms with Gasteiger partial charge in [0.1, 0.15) is 6.10 Å². The maximum atomic E-state index is 10.9. The Morgan fingerprint density at radius 1 is 1.56 bits per heavy atom. The van der Waals surface area contributed by atoms with E-state index in [-0.39, 0.29) is 18.0 Å². The van der Waals surface area contributed by atoms with Gasteiger partial charge in [-0.3, -0.25) is 4.79 Å². The summed E-state index contributed by atoms with van der Waals surface area (Å²) in [5.74, 6) is 0.236. The summed E-state index contributed by atoms with van der Waals surface area (Å²) < 4.78 is 5.25. The molecular formula is C7H8O2. The van der Waals surface area contributed by atoms with Gasteiger partial charge in [0, 0.05) is 6.42 Å². The molecule has 9 heavy (non-hydrogen) atoms. The first-order valence-corrected chi connectivity index (χ1v) is 3.23. The van der Waals surface area contributed by atoms with Gasteiger partial charge in [-0.2, -0.15) is 0 Å². The standard InChI is InChI=1S/C7H8O2/c8-6-3-1-5-2-4-7(6)9-5/h2,4-5,7H,1,3H2/t5-,7-/m0/s1. The van der Waals surface area contributed by atoms with Crippen molar-refractivity contribution in [3.8, 4) is 0 Å². The minimum Gasteiger partial charge on any atom is -0.359 e. The fraction of sp³-hybridized carbons (Fsp3) is 0.571. The molecule has 2 heteroatoms. The van der Waals surface area contributed by atoms with Crippen LogP contribution >= 0.6 is 0 Å². The van der Waals surface area contributed by atoms with Crippen molar-refractivity contribution >= 4 is 5.78 Å². The smallest absolute Gasteiger partial charge is 0.165 e. The summed E-state index contributed by atoms with van der Waals surface area (Å²) in [7, 11) is 0. The lowest BCUT2D eigenvalue weighted by Crippen LogP contribution is -2.27. The SMILES string of the molecule is O=C1CC[C@H]2C=C[C@@H]1O2. The molecule has 2 aliphatic heterocycles. The lowest BCUT2D eigenvalue weighted by Gasteiger charge is -2.18. The van der Waals surface area contributed by atoms with Crippen LogP contribution < -0.4 is 0 Å². The van der Waals surface area contributed by atoms with E-state index in [1.165, 1.54) is 0 Å². The van der Waals surface area contributed by atoms with E-state index in [0.717, 1.165) is 6.42 Å². The van der Waals surface area contributed by atoms with Crippen LogP contribution in [0.2, 0.25) is 0 Å². The highest BCUT2D eigenvalue weighted by atomic mass is 16.5. The quantitative estimate of drug-likeness (QED) is 0.444. The molecule has 1 fully saturated rings. The van der Waals surface area contributed by atoms with E-state index in [9.17, 15) is 4.79 Å². The molecule has 2 heterocycles. The molecular weight excluding hydrogens is 116 g/mol. The van der Waals surface area contributed by atoms with Crippen molar-refractivity contribution in [2.24, 2.45) is 0 Å². The van der Waals surface area contributed by atoms with Crippen molar-refractivity contribution in [1.82, 2.24) is 0 Å². The summed E-state index contributed by atoms with van der Waals surface area (Å²) in [4.78, 5) is 10.9. The normalized spacial score (nSPS) is 39.8. The molecule has 1 saturated heterocycles. The summed E-state index contributed by atoms with van der Waals surface area (Å²) in [6.07, 6.45) is 5.47. The second-order valence-corrected chi connectivity index (χ2v) is 2.49. The first-order valence-electron chi connectivity index (χ1n) is 3.23. The van der Waals surface area contributed by atoms with Gasteiger partial charge < -0.3 is 4.74 Å². The summed E-state index contributed by atoms with van der Waals surface area (Å²) >= 11 is 0. The van der Waals surface area contributed by atoms with Crippen molar-refractivity contribution in [3.63, 3.8) is 0 Å². The molecule has 0 spiro atoms. The fourth-order valence-corrected chi connectivity index (χ4v) is 1.28. The van der Waals surface area contributed by atoms with Crippen molar-refractivity contribution in [1.29, 1.82) is 0 Å². The number of carbonyl (C=O) groups is 1. The average Bonchev–Trinajstić information content (AvgIpc) is 2.25. The van der Waals surface area contributed by atoms with Gasteiger partial charge in [-0.05, 0) is 12.5 Å². The van der Waals surface area contributed by atoms with Gasteiger partial charge in [-0.15, -0.1) is 0 Å². The third kappa shape index (κ3) is 0.704. The average molecular weight is 124 g/mol. The molecule has 2 bridgehead atoms. The van der Waals surface area contributed by atoms with Crippen LogP contribution in [0.3, 0.4) is 0 Å². The van der Waals surface area contributed by atoms with Crippen molar-refractivity contribution in [2.75, 3.05) is 0 Å². The third-order valence-corrected chi connectivity index (χ3v) is 1.81. The second-order valence-electron chi connectivity index (χ2n) is 2.49. The van der Waals surface area contributed by atoms with Gasteiger partial charge in [0.15, 0.2) is 5.78 Å². The Balaban J connectivity index is 2.23. The van der Waals surface area contributed by atoms with Crippen LogP contribution in [0.1, 0.15) is 12.8 Å². The molecule has 0 amide bonds. The Kier molecular flexibility index (Phi) is 0.963. The molecule has 2 atom stereocenters. The van der Waals surface area contributed by atoms with Crippen LogP contribution in [0.25, 0.3) is 0 Å². The van der Waals surface area contributed by atoms with E-state index in [2.05, 4.69) is 0 Å². The van der Waals surface area contributed by atoms with E-state index in [1.54, 1.807) is 0 Å². The Hall–Kier alpha value is -0.630. The molecule has 0 saturated carbocycles. The van der Waals surface area contributed by atoms with Crippen molar-refractivity contribution in [2.45, 2.75) is 25.0 Å². The van der Waals surface area contributed by atoms with Crippen molar-refractivity contribution < 1.29 is 9.53 Å². The van der Waals surface area contributed by atoms with E-state index in [4.69, 9.17) is 4.74 Å². The number of Topliss-reactive ketones (excluding diaryl/α,β-unsaturated/α-hetero) is 1. The second kappa shape index (κ2) is 1.67. The monoisotopic (exact) mass is 124 g/mol. The summed E-state index contributed by atoms with van der Waals surface area (Å²) in [5.41, 5.74) is 0. The van der Waals surface area contributed by atoms with Gasteiger partial charge in [-0.1, -0.05) is 6.08 Å². The highest BCUT2D eigenvalue weighted by molar-refractivity contribution is 5.86. The van der Waals surface area contributed by atoms with E-state index in [1.807, 2.05) is 12.2 Å². The number of ether oxygens (including phenoxy) is 1. The minimum absolute atomic E-state index is 0.191. The predicted molar refractivity (Wildman–Crippen MR) is 32.0 cm³/mol. The Labute approximate surface area is 53.5 Å². The number of ketones is 1. The number of fused-ring (bicyclic) bond motifs is 2. The highest BCUT2D eigenvalue weighted by Gasteiger charge is 2.30. The number of hydrogen-bond acceptors (Lipinski definition) is 2. The van der Waals surface area contributed by atoms with Gasteiger partial charge in [-0.25, -0.2) is 0 Å². The Bertz CT molecular complexity index is 172. The third-order valence-electron chi connectivity index (χ3n) is 1.81.